The monoisotopic (exact) mass is 340 g/mol. The standard InChI is InChI=1S/C22H44O2/c1-6-8-10-12-17-23-22(24-18-13-11-9-7-2)19-21(5)16-14-15-20(3)4/h19-20,22H,6-18H2,1-5H3. The summed E-state index contributed by atoms with van der Waals surface area (Å²) in [4.78, 5) is 0. The lowest BCUT2D eigenvalue weighted by Gasteiger charge is -2.17. The number of hydrogen-bond donors (Lipinski definition) is 0. The summed E-state index contributed by atoms with van der Waals surface area (Å²) >= 11 is 0. The van der Waals surface area contributed by atoms with Crippen molar-refractivity contribution in [3.63, 3.8) is 0 Å². The highest BCUT2D eigenvalue weighted by Gasteiger charge is 2.07. The molecule has 0 aromatic heterocycles. The lowest BCUT2D eigenvalue weighted by Crippen LogP contribution is -2.17. The molecule has 0 atom stereocenters. The van der Waals surface area contributed by atoms with Crippen LogP contribution in [0.1, 0.15) is 105 Å². The van der Waals surface area contributed by atoms with E-state index in [0.29, 0.717) is 0 Å². The summed E-state index contributed by atoms with van der Waals surface area (Å²) < 4.78 is 12.0. The van der Waals surface area contributed by atoms with Crippen LogP contribution in [0.2, 0.25) is 0 Å². The molecule has 0 aromatic rings. The van der Waals surface area contributed by atoms with E-state index < -0.39 is 0 Å². The molecular formula is C22H44O2. The first kappa shape index (κ1) is 23.7. The largest absolute Gasteiger partial charge is 0.349 e. The van der Waals surface area contributed by atoms with E-state index >= 15 is 0 Å². The van der Waals surface area contributed by atoms with E-state index in [0.717, 1.165) is 38.4 Å². The summed E-state index contributed by atoms with van der Waals surface area (Å²) in [6.07, 6.45) is 15.7. The Bertz CT molecular complexity index is 270. The van der Waals surface area contributed by atoms with Crippen molar-refractivity contribution in [2.24, 2.45) is 5.92 Å². The molecule has 0 rings (SSSR count). The van der Waals surface area contributed by atoms with Crippen LogP contribution in [0.4, 0.5) is 0 Å². The Labute approximate surface area is 152 Å². The van der Waals surface area contributed by atoms with Crippen molar-refractivity contribution < 1.29 is 9.47 Å². The molecule has 0 bridgehead atoms. The topological polar surface area (TPSA) is 18.5 Å². The molecular weight excluding hydrogens is 296 g/mol. The Morgan fingerprint density at radius 3 is 1.79 bits per heavy atom. The molecule has 0 fully saturated rings. The van der Waals surface area contributed by atoms with Gasteiger partial charge in [0.05, 0.1) is 13.2 Å². The summed E-state index contributed by atoms with van der Waals surface area (Å²) in [6, 6.07) is 0. The maximum Gasteiger partial charge on any atom is 0.177 e. The van der Waals surface area contributed by atoms with Crippen LogP contribution in [-0.2, 0) is 9.47 Å². The van der Waals surface area contributed by atoms with E-state index in [-0.39, 0.29) is 6.29 Å². The molecule has 144 valence electrons. The summed E-state index contributed by atoms with van der Waals surface area (Å²) in [6.45, 7) is 12.9. The average molecular weight is 341 g/mol. The highest BCUT2D eigenvalue weighted by atomic mass is 16.7. The molecule has 2 heteroatoms. The van der Waals surface area contributed by atoms with Crippen LogP contribution < -0.4 is 0 Å². The van der Waals surface area contributed by atoms with Crippen molar-refractivity contribution in [1.29, 1.82) is 0 Å². The van der Waals surface area contributed by atoms with Gasteiger partial charge in [-0.3, -0.25) is 0 Å². The maximum atomic E-state index is 5.99. The fraction of sp³-hybridized carbons (Fsp3) is 0.909. The molecule has 0 saturated heterocycles. The number of unbranched alkanes of at least 4 members (excludes halogenated alkanes) is 6. The Morgan fingerprint density at radius 2 is 1.33 bits per heavy atom. The SMILES string of the molecule is CCCCCCOC(C=C(C)CCCC(C)C)OCCCCCC. The van der Waals surface area contributed by atoms with Gasteiger partial charge in [-0.15, -0.1) is 0 Å². The van der Waals surface area contributed by atoms with Crippen LogP contribution in [0.25, 0.3) is 0 Å². The Hall–Kier alpha value is -0.340. The molecule has 0 aromatic carbocycles. The van der Waals surface area contributed by atoms with Gasteiger partial charge >= 0.3 is 0 Å². The van der Waals surface area contributed by atoms with E-state index in [1.807, 2.05) is 0 Å². The first-order chi connectivity index (χ1) is 11.6. The minimum absolute atomic E-state index is 0.146. The molecule has 0 unspecified atom stereocenters. The van der Waals surface area contributed by atoms with Gasteiger partial charge in [0.25, 0.3) is 0 Å². The zero-order valence-electron chi connectivity index (χ0n) is 17.2. The van der Waals surface area contributed by atoms with Gasteiger partial charge in [0.2, 0.25) is 0 Å². The molecule has 0 radical (unpaired) electrons. The second kappa shape index (κ2) is 17.5. The van der Waals surface area contributed by atoms with Crippen molar-refractivity contribution in [3.05, 3.63) is 11.6 Å². The molecule has 0 aliphatic carbocycles. The molecule has 24 heavy (non-hydrogen) atoms. The molecule has 0 N–H and O–H groups in total. The molecule has 0 heterocycles. The molecule has 0 saturated carbocycles. The van der Waals surface area contributed by atoms with E-state index in [4.69, 9.17) is 9.47 Å². The number of allylic oxidation sites excluding steroid dienone is 1. The van der Waals surface area contributed by atoms with Gasteiger partial charge in [0, 0.05) is 0 Å². The molecule has 0 amide bonds. The average Bonchev–Trinajstić information content (AvgIpc) is 2.53. The third kappa shape index (κ3) is 16.5. The number of ether oxygens (including phenoxy) is 2. The van der Waals surface area contributed by atoms with Crippen LogP contribution in [-0.4, -0.2) is 19.5 Å². The van der Waals surface area contributed by atoms with Gasteiger partial charge in [-0.2, -0.15) is 0 Å². The van der Waals surface area contributed by atoms with Gasteiger partial charge in [0.15, 0.2) is 6.29 Å². The molecule has 0 aliphatic heterocycles. The fourth-order valence-corrected chi connectivity index (χ4v) is 2.71. The lowest BCUT2D eigenvalue weighted by molar-refractivity contribution is -0.113. The van der Waals surface area contributed by atoms with Crippen LogP contribution in [0, 0.1) is 5.92 Å². The van der Waals surface area contributed by atoms with Crippen LogP contribution in [0.15, 0.2) is 11.6 Å². The summed E-state index contributed by atoms with van der Waals surface area (Å²) in [5.74, 6) is 0.790. The third-order valence-electron chi connectivity index (χ3n) is 4.33. The first-order valence-corrected chi connectivity index (χ1v) is 10.5. The van der Waals surface area contributed by atoms with Crippen molar-refractivity contribution >= 4 is 0 Å². The Morgan fingerprint density at radius 1 is 0.792 bits per heavy atom. The van der Waals surface area contributed by atoms with E-state index in [2.05, 4.69) is 40.7 Å². The minimum Gasteiger partial charge on any atom is -0.349 e. The number of rotatable bonds is 17. The maximum absolute atomic E-state index is 5.99. The second-order valence-corrected chi connectivity index (χ2v) is 7.53. The number of hydrogen-bond acceptors (Lipinski definition) is 2. The van der Waals surface area contributed by atoms with Crippen molar-refractivity contribution in [2.45, 2.75) is 112 Å². The van der Waals surface area contributed by atoms with Gasteiger partial charge in [-0.1, -0.05) is 78.2 Å². The van der Waals surface area contributed by atoms with Crippen LogP contribution in [0.5, 0.6) is 0 Å². The molecule has 0 aliphatic rings. The van der Waals surface area contributed by atoms with E-state index in [1.54, 1.807) is 0 Å². The van der Waals surface area contributed by atoms with Crippen LogP contribution >= 0.6 is 0 Å². The van der Waals surface area contributed by atoms with Gasteiger partial charge in [0.1, 0.15) is 0 Å². The van der Waals surface area contributed by atoms with Crippen molar-refractivity contribution in [3.8, 4) is 0 Å². The van der Waals surface area contributed by atoms with E-state index in [9.17, 15) is 0 Å². The van der Waals surface area contributed by atoms with Gasteiger partial charge in [-0.25, -0.2) is 0 Å². The van der Waals surface area contributed by atoms with Gasteiger partial charge in [-0.05, 0) is 44.6 Å². The normalized spacial score (nSPS) is 12.5. The highest BCUT2D eigenvalue weighted by molar-refractivity contribution is 5.00. The summed E-state index contributed by atoms with van der Waals surface area (Å²) in [7, 11) is 0. The van der Waals surface area contributed by atoms with Gasteiger partial charge < -0.3 is 9.47 Å². The summed E-state index contributed by atoms with van der Waals surface area (Å²) in [5, 5.41) is 0. The quantitative estimate of drug-likeness (QED) is 0.157. The van der Waals surface area contributed by atoms with Crippen molar-refractivity contribution in [1.82, 2.24) is 0 Å². The third-order valence-corrected chi connectivity index (χ3v) is 4.33. The Kier molecular flexibility index (Phi) is 17.2. The zero-order chi connectivity index (χ0) is 18.0. The fourth-order valence-electron chi connectivity index (χ4n) is 2.71. The highest BCUT2D eigenvalue weighted by Crippen LogP contribution is 2.14. The van der Waals surface area contributed by atoms with Crippen molar-refractivity contribution in [2.75, 3.05) is 13.2 Å². The second-order valence-electron chi connectivity index (χ2n) is 7.53. The van der Waals surface area contributed by atoms with Crippen LogP contribution in [0.3, 0.4) is 0 Å². The zero-order valence-corrected chi connectivity index (χ0v) is 17.2. The smallest absolute Gasteiger partial charge is 0.177 e. The summed E-state index contributed by atoms with van der Waals surface area (Å²) in [5.41, 5.74) is 1.41. The predicted molar refractivity (Wildman–Crippen MR) is 106 cm³/mol. The first-order valence-electron chi connectivity index (χ1n) is 10.5. The molecule has 0 spiro atoms. The van der Waals surface area contributed by atoms with E-state index in [1.165, 1.54) is 56.9 Å². The molecule has 2 nitrogen and oxygen atoms in total. The predicted octanol–water partition coefficient (Wildman–Crippen LogP) is 7.28. The minimum atomic E-state index is -0.146. The Balaban J connectivity index is 4.16. The lowest BCUT2D eigenvalue weighted by atomic mass is 10.0.